The number of aliphatic hydroxyl groups is 1. The number of hydrogen-bond acceptors (Lipinski definition) is 2. The van der Waals surface area contributed by atoms with Crippen molar-refractivity contribution >= 4 is 7.28 Å². The molecule has 1 aliphatic heterocycles. The van der Waals surface area contributed by atoms with Crippen molar-refractivity contribution in [3.63, 3.8) is 0 Å². The first-order chi connectivity index (χ1) is 5.73. The Morgan fingerprint density at radius 1 is 1.67 bits per heavy atom. The van der Waals surface area contributed by atoms with Crippen LogP contribution in [0.3, 0.4) is 0 Å². The Bertz CT molecular complexity index is 185. The van der Waals surface area contributed by atoms with Gasteiger partial charge in [0.15, 0.2) is 0 Å². The second-order valence-electron chi connectivity index (χ2n) is 3.98. The minimum absolute atomic E-state index is 0.193. The van der Waals surface area contributed by atoms with Gasteiger partial charge < -0.3 is 9.84 Å². The standard InChI is InChI=1S/C9H16BO2/c1-3-9-5-4-6(7(9)11)8(10-2)12-9/h6-8,11H,3-5H2,1-2H3/t6?,7-,8-,9+/m1/s1. The van der Waals surface area contributed by atoms with E-state index in [0.717, 1.165) is 19.3 Å². The molecule has 0 aromatic heterocycles. The topological polar surface area (TPSA) is 29.5 Å². The molecule has 1 saturated heterocycles. The van der Waals surface area contributed by atoms with E-state index in [1.807, 2.05) is 6.82 Å². The Labute approximate surface area is 74.5 Å². The van der Waals surface area contributed by atoms with Crippen molar-refractivity contribution in [3.8, 4) is 0 Å². The molecule has 2 bridgehead atoms. The Kier molecular flexibility index (Phi) is 1.96. The van der Waals surface area contributed by atoms with Crippen LogP contribution in [0.25, 0.3) is 0 Å². The zero-order valence-electron chi connectivity index (χ0n) is 7.79. The lowest BCUT2D eigenvalue weighted by molar-refractivity contribution is -0.0713. The Morgan fingerprint density at radius 3 is 2.83 bits per heavy atom. The van der Waals surface area contributed by atoms with Crippen molar-refractivity contribution in [1.29, 1.82) is 0 Å². The first-order valence-electron chi connectivity index (χ1n) is 4.89. The van der Waals surface area contributed by atoms with Crippen LogP contribution in [0.15, 0.2) is 0 Å². The van der Waals surface area contributed by atoms with Gasteiger partial charge in [0.2, 0.25) is 0 Å². The molecule has 12 heavy (non-hydrogen) atoms. The smallest absolute Gasteiger partial charge is 0.146 e. The summed E-state index contributed by atoms with van der Waals surface area (Å²) in [6, 6.07) is 0.203. The quantitative estimate of drug-likeness (QED) is 0.622. The summed E-state index contributed by atoms with van der Waals surface area (Å²) in [7, 11) is 2.07. The fourth-order valence-electron chi connectivity index (χ4n) is 2.72. The van der Waals surface area contributed by atoms with Crippen molar-refractivity contribution < 1.29 is 9.84 Å². The molecule has 3 heteroatoms. The summed E-state index contributed by atoms with van der Waals surface area (Å²) in [6.45, 7) is 4.12. The van der Waals surface area contributed by atoms with E-state index in [0.29, 0.717) is 5.92 Å². The number of hydrogen-bond donors (Lipinski definition) is 1. The fraction of sp³-hybridized carbons (Fsp3) is 1.00. The molecule has 1 N–H and O–H groups in total. The summed E-state index contributed by atoms with van der Waals surface area (Å²) >= 11 is 0. The number of rotatable bonds is 2. The van der Waals surface area contributed by atoms with E-state index in [9.17, 15) is 5.11 Å². The molecule has 2 rings (SSSR count). The van der Waals surface area contributed by atoms with Crippen molar-refractivity contribution in [2.75, 3.05) is 0 Å². The molecule has 0 amide bonds. The van der Waals surface area contributed by atoms with Gasteiger partial charge in [-0.1, -0.05) is 13.7 Å². The fourth-order valence-corrected chi connectivity index (χ4v) is 2.72. The largest absolute Gasteiger partial charge is 0.390 e. The summed E-state index contributed by atoms with van der Waals surface area (Å²) in [6.07, 6.45) is 2.89. The van der Waals surface area contributed by atoms with E-state index in [-0.39, 0.29) is 17.7 Å². The van der Waals surface area contributed by atoms with Crippen LogP contribution in [0.4, 0.5) is 0 Å². The van der Waals surface area contributed by atoms with Gasteiger partial charge in [-0.05, 0) is 19.3 Å². The average molecular weight is 167 g/mol. The van der Waals surface area contributed by atoms with E-state index >= 15 is 0 Å². The minimum Gasteiger partial charge on any atom is -0.390 e. The van der Waals surface area contributed by atoms with Crippen molar-refractivity contribution in [2.45, 2.75) is 50.7 Å². The highest BCUT2D eigenvalue weighted by molar-refractivity contribution is 6.35. The highest BCUT2D eigenvalue weighted by atomic mass is 16.5. The van der Waals surface area contributed by atoms with Crippen LogP contribution in [-0.2, 0) is 4.74 Å². The average Bonchev–Trinajstić information content (AvgIpc) is 2.58. The second-order valence-corrected chi connectivity index (χ2v) is 3.98. The van der Waals surface area contributed by atoms with Gasteiger partial charge >= 0.3 is 0 Å². The third-order valence-corrected chi connectivity index (χ3v) is 3.57. The van der Waals surface area contributed by atoms with Crippen molar-refractivity contribution in [3.05, 3.63) is 0 Å². The minimum atomic E-state index is -0.219. The van der Waals surface area contributed by atoms with Gasteiger partial charge in [-0.3, -0.25) is 0 Å². The van der Waals surface area contributed by atoms with Gasteiger partial charge in [0.1, 0.15) is 7.28 Å². The number of aliphatic hydroxyl groups excluding tert-OH is 1. The van der Waals surface area contributed by atoms with Crippen LogP contribution in [0.5, 0.6) is 0 Å². The van der Waals surface area contributed by atoms with Gasteiger partial charge in [-0.25, -0.2) is 0 Å². The van der Waals surface area contributed by atoms with Crippen LogP contribution < -0.4 is 0 Å². The summed E-state index contributed by atoms with van der Waals surface area (Å²) < 4.78 is 5.85. The van der Waals surface area contributed by atoms with Gasteiger partial charge in [0, 0.05) is 11.9 Å². The number of fused-ring (bicyclic) bond motifs is 2. The molecule has 2 nitrogen and oxygen atoms in total. The van der Waals surface area contributed by atoms with E-state index < -0.39 is 0 Å². The zero-order chi connectivity index (χ0) is 8.77. The first-order valence-corrected chi connectivity index (χ1v) is 4.89. The summed E-state index contributed by atoms with van der Waals surface area (Å²) in [5.74, 6) is 0.370. The van der Waals surface area contributed by atoms with Crippen LogP contribution in [0.2, 0.25) is 6.82 Å². The number of ether oxygens (including phenoxy) is 1. The molecule has 0 aromatic rings. The summed E-state index contributed by atoms with van der Waals surface area (Å²) in [5.41, 5.74) is -0.193. The van der Waals surface area contributed by atoms with E-state index in [1.54, 1.807) is 0 Å². The molecule has 0 spiro atoms. The third kappa shape index (κ3) is 0.897. The van der Waals surface area contributed by atoms with E-state index in [4.69, 9.17) is 4.74 Å². The van der Waals surface area contributed by atoms with Crippen molar-refractivity contribution in [2.24, 2.45) is 5.92 Å². The molecule has 1 unspecified atom stereocenters. The monoisotopic (exact) mass is 167 g/mol. The van der Waals surface area contributed by atoms with Crippen LogP contribution in [-0.4, -0.2) is 30.1 Å². The Morgan fingerprint density at radius 2 is 2.42 bits per heavy atom. The van der Waals surface area contributed by atoms with Gasteiger partial charge in [0.05, 0.1) is 11.7 Å². The highest BCUT2D eigenvalue weighted by Crippen LogP contribution is 2.49. The molecule has 67 valence electrons. The molecule has 0 aromatic carbocycles. The van der Waals surface area contributed by atoms with E-state index in [2.05, 4.69) is 14.2 Å². The second kappa shape index (κ2) is 2.74. The zero-order valence-corrected chi connectivity index (χ0v) is 7.79. The molecule has 2 aliphatic rings. The lowest BCUT2D eigenvalue weighted by Crippen LogP contribution is -2.36. The van der Waals surface area contributed by atoms with Crippen LogP contribution in [0.1, 0.15) is 26.2 Å². The third-order valence-electron chi connectivity index (χ3n) is 3.57. The maximum atomic E-state index is 9.94. The SMILES string of the molecule is C[B][C@@H]1O[C@@]2(CC)CCC1[C@H]2O. The maximum absolute atomic E-state index is 9.94. The molecule has 4 atom stereocenters. The molecular formula is C9H16BO2. The molecular weight excluding hydrogens is 151 g/mol. The molecule has 2 fully saturated rings. The lowest BCUT2D eigenvalue weighted by atomic mass is 9.68. The Hall–Kier alpha value is -0.0151. The normalized spacial score (nSPS) is 51.4. The van der Waals surface area contributed by atoms with E-state index in [1.165, 1.54) is 0 Å². The molecule has 1 heterocycles. The van der Waals surface area contributed by atoms with Gasteiger partial charge in [-0.2, -0.15) is 0 Å². The predicted octanol–water partition coefficient (Wildman–Crippen LogP) is 1.01. The predicted molar refractivity (Wildman–Crippen MR) is 48.2 cm³/mol. The van der Waals surface area contributed by atoms with Crippen LogP contribution in [0, 0.1) is 5.92 Å². The van der Waals surface area contributed by atoms with Crippen molar-refractivity contribution in [1.82, 2.24) is 0 Å². The van der Waals surface area contributed by atoms with Gasteiger partial charge in [-0.15, -0.1) is 0 Å². The molecule has 1 radical (unpaired) electrons. The summed E-state index contributed by atoms with van der Waals surface area (Å²) in [4.78, 5) is 0. The van der Waals surface area contributed by atoms with Gasteiger partial charge in [0.25, 0.3) is 0 Å². The highest BCUT2D eigenvalue weighted by Gasteiger charge is 2.57. The molecule has 1 aliphatic carbocycles. The molecule has 1 saturated carbocycles. The lowest BCUT2D eigenvalue weighted by Gasteiger charge is -2.29. The first kappa shape index (κ1) is 8.58. The summed E-state index contributed by atoms with van der Waals surface area (Å²) in [5, 5.41) is 9.94. The Balaban J connectivity index is 2.18. The maximum Gasteiger partial charge on any atom is 0.146 e. The van der Waals surface area contributed by atoms with Crippen LogP contribution >= 0.6 is 0 Å².